The lowest BCUT2D eigenvalue weighted by Crippen LogP contribution is -2.35. The summed E-state index contributed by atoms with van der Waals surface area (Å²) in [5.41, 5.74) is 3.08. The van der Waals surface area contributed by atoms with Gasteiger partial charge in [-0.25, -0.2) is 13.2 Å². The number of ether oxygens (including phenoxy) is 1. The maximum absolute atomic E-state index is 12.2. The van der Waals surface area contributed by atoms with E-state index in [1.165, 1.54) is 6.07 Å². The van der Waals surface area contributed by atoms with E-state index >= 15 is 0 Å². The van der Waals surface area contributed by atoms with Gasteiger partial charge in [-0.3, -0.25) is 4.90 Å². The molecule has 2 heterocycles. The minimum atomic E-state index is -3.03. The highest BCUT2D eigenvalue weighted by Gasteiger charge is 2.32. The van der Waals surface area contributed by atoms with Crippen LogP contribution in [-0.4, -0.2) is 38.0 Å². The van der Waals surface area contributed by atoms with E-state index < -0.39 is 15.5 Å². The SMILES string of the molecule is COc1ccc(CN(Cc2cc(=O)oc3cc(C)ccc23)[C@@H]2CCS(=O)(=O)C2)cc1. The minimum Gasteiger partial charge on any atom is -0.497 e. The maximum atomic E-state index is 12.2. The predicted octanol–water partition coefficient (Wildman–Crippen LogP) is 3.30. The normalized spacial score (nSPS) is 18.2. The number of fused-ring (bicyclic) bond motifs is 1. The fraction of sp³-hybridized carbons (Fsp3) is 0.348. The first-order valence-electron chi connectivity index (χ1n) is 9.94. The second-order valence-electron chi connectivity index (χ2n) is 7.90. The molecule has 2 aromatic carbocycles. The molecule has 0 unspecified atom stereocenters. The Morgan fingerprint density at radius 1 is 1.10 bits per heavy atom. The number of sulfone groups is 1. The fourth-order valence-corrected chi connectivity index (χ4v) is 5.79. The monoisotopic (exact) mass is 427 g/mol. The van der Waals surface area contributed by atoms with Crippen molar-refractivity contribution in [2.45, 2.75) is 32.5 Å². The number of benzene rings is 2. The van der Waals surface area contributed by atoms with Gasteiger partial charge in [0.25, 0.3) is 0 Å². The van der Waals surface area contributed by atoms with Gasteiger partial charge in [-0.15, -0.1) is 0 Å². The third-order valence-corrected chi connectivity index (χ3v) is 7.38. The summed E-state index contributed by atoms with van der Waals surface area (Å²) in [7, 11) is -1.41. The fourth-order valence-electron chi connectivity index (χ4n) is 4.03. The highest BCUT2D eigenvalue weighted by molar-refractivity contribution is 7.91. The topological polar surface area (TPSA) is 76.8 Å². The molecule has 0 bridgehead atoms. The van der Waals surface area contributed by atoms with Gasteiger partial charge >= 0.3 is 5.63 Å². The third-order valence-electron chi connectivity index (χ3n) is 5.63. The smallest absolute Gasteiger partial charge is 0.336 e. The summed E-state index contributed by atoms with van der Waals surface area (Å²) < 4.78 is 34.9. The molecule has 1 fully saturated rings. The third kappa shape index (κ3) is 4.57. The van der Waals surface area contributed by atoms with Gasteiger partial charge in [0.15, 0.2) is 9.84 Å². The number of rotatable bonds is 6. The van der Waals surface area contributed by atoms with Crippen LogP contribution in [-0.2, 0) is 22.9 Å². The minimum absolute atomic E-state index is 0.0927. The molecule has 7 heteroatoms. The summed E-state index contributed by atoms with van der Waals surface area (Å²) in [6.07, 6.45) is 0.594. The number of nitrogens with zero attached hydrogens (tertiary/aromatic N) is 1. The Kier molecular flexibility index (Phi) is 5.66. The molecule has 4 rings (SSSR count). The lowest BCUT2D eigenvalue weighted by molar-refractivity contribution is 0.194. The zero-order valence-electron chi connectivity index (χ0n) is 17.1. The standard InChI is InChI=1S/C23H25NO5S/c1-16-3-8-21-18(12-23(25)29-22(21)11-16)14-24(19-9-10-30(26,27)15-19)13-17-4-6-20(28-2)7-5-17/h3-8,11-12,19H,9-10,13-15H2,1-2H3/t19-/m1/s1. The van der Waals surface area contributed by atoms with Crippen LogP contribution in [0.4, 0.5) is 0 Å². The Morgan fingerprint density at radius 2 is 1.87 bits per heavy atom. The molecular formula is C23H25NO5S. The maximum Gasteiger partial charge on any atom is 0.336 e. The van der Waals surface area contributed by atoms with Gasteiger partial charge in [0.05, 0.1) is 18.6 Å². The van der Waals surface area contributed by atoms with Crippen LogP contribution in [0.2, 0.25) is 0 Å². The molecular weight excluding hydrogens is 402 g/mol. The molecule has 6 nitrogen and oxygen atoms in total. The first-order valence-corrected chi connectivity index (χ1v) is 11.8. The van der Waals surface area contributed by atoms with Crippen molar-refractivity contribution in [3.05, 3.63) is 75.6 Å². The van der Waals surface area contributed by atoms with Crippen LogP contribution < -0.4 is 10.4 Å². The molecule has 0 amide bonds. The van der Waals surface area contributed by atoms with Crippen LogP contribution in [0.25, 0.3) is 11.0 Å². The molecule has 1 aliphatic rings. The van der Waals surface area contributed by atoms with Gasteiger partial charge in [-0.1, -0.05) is 24.3 Å². The second-order valence-corrected chi connectivity index (χ2v) is 10.1. The van der Waals surface area contributed by atoms with Crippen molar-refractivity contribution >= 4 is 20.8 Å². The van der Waals surface area contributed by atoms with Gasteiger partial charge in [0, 0.05) is 30.6 Å². The largest absolute Gasteiger partial charge is 0.497 e. The number of methoxy groups -OCH3 is 1. The summed E-state index contributed by atoms with van der Waals surface area (Å²) in [4.78, 5) is 14.3. The Labute approximate surface area is 176 Å². The van der Waals surface area contributed by atoms with Crippen molar-refractivity contribution in [2.24, 2.45) is 0 Å². The summed E-state index contributed by atoms with van der Waals surface area (Å²) >= 11 is 0. The van der Waals surface area contributed by atoms with Gasteiger partial charge in [0.2, 0.25) is 0 Å². The van der Waals surface area contributed by atoms with E-state index in [9.17, 15) is 13.2 Å². The van der Waals surface area contributed by atoms with E-state index in [-0.39, 0.29) is 17.5 Å². The average Bonchev–Trinajstić information content (AvgIpc) is 3.07. The molecule has 0 aliphatic carbocycles. The van der Waals surface area contributed by atoms with Crippen molar-refractivity contribution < 1.29 is 17.6 Å². The van der Waals surface area contributed by atoms with Gasteiger partial charge in [-0.05, 0) is 48.2 Å². The highest BCUT2D eigenvalue weighted by Crippen LogP contribution is 2.26. The first-order chi connectivity index (χ1) is 14.3. The van der Waals surface area contributed by atoms with Crippen molar-refractivity contribution in [3.63, 3.8) is 0 Å². The van der Waals surface area contributed by atoms with Crippen LogP contribution in [0, 0.1) is 6.92 Å². The van der Waals surface area contributed by atoms with Crippen LogP contribution >= 0.6 is 0 Å². The average molecular weight is 428 g/mol. The Bertz CT molecular complexity index is 1210. The lowest BCUT2D eigenvalue weighted by Gasteiger charge is -2.28. The van der Waals surface area contributed by atoms with Gasteiger partial charge in [-0.2, -0.15) is 0 Å². The van der Waals surface area contributed by atoms with E-state index in [1.807, 2.05) is 49.4 Å². The van der Waals surface area contributed by atoms with Crippen molar-refractivity contribution in [1.29, 1.82) is 0 Å². The quantitative estimate of drug-likeness (QED) is 0.562. The Balaban J connectivity index is 1.69. The second kappa shape index (κ2) is 8.24. The van der Waals surface area contributed by atoms with E-state index in [0.29, 0.717) is 25.1 Å². The van der Waals surface area contributed by atoms with E-state index in [0.717, 1.165) is 27.8 Å². The molecule has 0 radical (unpaired) electrons. The highest BCUT2D eigenvalue weighted by atomic mass is 32.2. The van der Waals surface area contributed by atoms with E-state index in [1.54, 1.807) is 7.11 Å². The van der Waals surface area contributed by atoms with Crippen LogP contribution in [0.3, 0.4) is 0 Å². The summed E-state index contributed by atoms with van der Waals surface area (Å²) in [6.45, 7) is 3.00. The lowest BCUT2D eigenvalue weighted by atomic mass is 10.1. The molecule has 0 saturated carbocycles. The van der Waals surface area contributed by atoms with Crippen molar-refractivity contribution in [3.8, 4) is 5.75 Å². The van der Waals surface area contributed by atoms with E-state index in [2.05, 4.69) is 4.90 Å². The zero-order chi connectivity index (χ0) is 21.3. The first kappa shape index (κ1) is 20.6. The van der Waals surface area contributed by atoms with Crippen LogP contribution in [0.1, 0.15) is 23.1 Å². The molecule has 0 N–H and O–H groups in total. The van der Waals surface area contributed by atoms with Crippen LogP contribution in [0.15, 0.2) is 57.7 Å². The van der Waals surface area contributed by atoms with Crippen LogP contribution in [0.5, 0.6) is 5.75 Å². The molecule has 30 heavy (non-hydrogen) atoms. The zero-order valence-corrected chi connectivity index (χ0v) is 17.9. The molecule has 158 valence electrons. The van der Waals surface area contributed by atoms with E-state index in [4.69, 9.17) is 9.15 Å². The summed E-state index contributed by atoms with van der Waals surface area (Å²) in [5.74, 6) is 1.12. The molecule has 1 aliphatic heterocycles. The Hall–Kier alpha value is -2.64. The summed E-state index contributed by atoms with van der Waals surface area (Å²) in [6, 6.07) is 15.0. The van der Waals surface area contributed by atoms with Crippen molar-refractivity contribution in [1.82, 2.24) is 4.90 Å². The molecule has 0 spiro atoms. The van der Waals surface area contributed by atoms with Crippen molar-refractivity contribution in [2.75, 3.05) is 18.6 Å². The number of hydrogen-bond donors (Lipinski definition) is 0. The van der Waals surface area contributed by atoms with Gasteiger partial charge in [0.1, 0.15) is 11.3 Å². The predicted molar refractivity (Wildman–Crippen MR) is 117 cm³/mol. The molecule has 3 aromatic rings. The molecule has 1 atom stereocenters. The summed E-state index contributed by atoms with van der Waals surface area (Å²) in [5, 5.41) is 0.876. The molecule has 1 saturated heterocycles. The number of hydrogen-bond acceptors (Lipinski definition) is 6. The Morgan fingerprint density at radius 3 is 2.53 bits per heavy atom. The number of aryl methyl sites for hydroxylation is 1. The van der Waals surface area contributed by atoms with Gasteiger partial charge < -0.3 is 9.15 Å². The molecule has 1 aromatic heterocycles.